The molecule has 0 aromatic carbocycles. The van der Waals surface area contributed by atoms with E-state index in [0.717, 1.165) is 5.84 Å². The second kappa shape index (κ2) is 8.79. The molecule has 0 aromatic rings. The number of hydrogen-bond acceptors (Lipinski definition) is 4. The minimum Gasteiger partial charge on any atom is -0.870 e. The fourth-order valence-electron chi connectivity index (χ4n) is 1.98. The standard InChI is InChI=1S/C10H16N2O3.Na.H2O.H/c1-2-3-9-11-4-5-12(9,6-7-13)8-10(14)15;;;/h2,13H,1,3-8H2;;1H2;. The Kier molecular flexibility index (Phi) is 9.88. The van der Waals surface area contributed by atoms with Gasteiger partial charge in [-0.05, 0) is 0 Å². The van der Waals surface area contributed by atoms with Gasteiger partial charge < -0.3 is 15.7 Å². The summed E-state index contributed by atoms with van der Waals surface area (Å²) in [6.07, 6.45) is 2.31. The van der Waals surface area contributed by atoms with Crippen molar-refractivity contribution in [2.45, 2.75) is 6.42 Å². The van der Waals surface area contributed by atoms with Crippen molar-refractivity contribution in [2.75, 3.05) is 32.8 Å². The van der Waals surface area contributed by atoms with Gasteiger partial charge >= 0.3 is 35.5 Å². The molecule has 0 radical (unpaired) electrons. The van der Waals surface area contributed by atoms with Gasteiger partial charge in [0.1, 0.15) is 13.1 Å². The fourth-order valence-corrected chi connectivity index (χ4v) is 1.98. The summed E-state index contributed by atoms with van der Waals surface area (Å²) in [4.78, 5) is 15.1. The molecule has 7 heteroatoms. The summed E-state index contributed by atoms with van der Waals surface area (Å²) in [5, 5.41) is 17.9. The summed E-state index contributed by atoms with van der Waals surface area (Å²) < 4.78 is 0.276. The quantitative estimate of drug-likeness (QED) is 0.362. The number of aliphatic carboxylic acids is 1. The van der Waals surface area contributed by atoms with Crippen molar-refractivity contribution in [1.29, 1.82) is 0 Å². The number of quaternary nitrogens is 1. The van der Waals surface area contributed by atoms with Crippen molar-refractivity contribution in [3.05, 3.63) is 12.7 Å². The molecule has 1 unspecified atom stereocenters. The smallest absolute Gasteiger partial charge is 0.870 e. The number of carboxylic acids is 1. The Morgan fingerprint density at radius 2 is 2.24 bits per heavy atom. The molecule has 1 rings (SSSR count). The third-order valence-electron chi connectivity index (χ3n) is 2.66. The third-order valence-corrected chi connectivity index (χ3v) is 2.66. The van der Waals surface area contributed by atoms with E-state index in [1.165, 1.54) is 0 Å². The number of aliphatic hydroxyl groups is 1. The van der Waals surface area contributed by atoms with E-state index in [1.54, 1.807) is 6.08 Å². The molecule has 1 heterocycles. The number of aliphatic imine (C=N–C) groups is 1. The number of hydrogen-bond donors (Lipinski definition) is 2. The van der Waals surface area contributed by atoms with E-state index < -0.39 is 5.97 Å². The predicted octanol–water partition coefficient (Wildman–Crippen LogP) is -0.957. The number of rotatable bonds is 6. The molecule has 17 heavy (non-hydrogen) atoms. The van der Waals surface area contributed by atoms with Crippen molar-refractivity contribution in [2.24, 2.45) is 4.99 Å². The Labute approximate surface area is 123 Å². The maximum absolute atomic E-state index is 10.8. The Balaban J connectivity index is 0. The molecule has 1 aliphatic rings. The second-order valence-corrected chi connectivity index (χ2v) is 3.66. The number of aliphatic hydroxyl groups excluding tert-OH is 1. The number of carboxylic acid groups (broad SMARTS) is 1. The summed E-state index contributed by atoms with van der Waals surface area (Å²) >= 11 is 0. The molecule has 0 saturated carbocycles. The zero-order valence-electron chi connectivity index (χ0n) is 9.17. The van der Waals surface area contributed by atoms with Crippen molar-refractivity contribution in [3.8, 4) is 0 Å². The van der Waals surface area contributed by atoms with Crippen LogP contribution in [0.15, 0.2) is 17.6 Å². The van der Waals surface area contributed by atoms with Crippen LogP contribution in [-0.4, -0.2) is 94.3 Å². The average molecular weight is 254 g/mol. The Morgan fingerprint density at radius 3 is 2.71 bits per heavy atom. The topological polar surface area (TPSA) is 99.9 Å². The largest absolute Gasteiger partial charge is 0.870 e. The average Bonchev–Trinajstić information content (AvgIpc) is 2.49. The van der Waals surface area contributed by atoms with Gasteiger partial charge in [-0.2, -0.15) is 0 Å². The van der Waals surface area contributed by atoms with E-state index in [-0.39, 0.29) is 52.7 Å². The summed E-state index contributed by atoms with van der Waals surface area (Å²) in [5.41, 5.74) is 0. The van der Waals surface area contributed by atoms with Crippen LogP contribution < -0.4 is 0 Å². The molecular formula is C10H19N2NaO4. The molecule has 1 aliphatic heterocycles. The maximum Gasteiger partial charge on any atom is -0.870 e. The number of carbonyl (C=O) groups is 1. The van der Waals surface area contributed by atoms with Crippen LogP contribution in [0.3, 0.4) is 0 Å². The van der Waals surface area contributed by atoms with Gasteiger partial charge in [0.2, 0.25) is 5.84 Å². The second-order valence-electron chi connectivity index (χ2n) is 3.66. The maximum atomic E-state index is 10.8. The summed E-state index contributed by atoms with van der Waals surface area (Å²) in [7, 11) is 0. The van der Waals surface area contributed by atoms with Gasteiger partial charge in [0.05, 0.1) is 19.6 Å². The first-order chi connectivity index (χ1) is 7.14. The predicted molar refractivity (Wildman–Crippen MR) is 65.8 cm³/mol. The molecule has 1 atom stereocenters. The minimum atomic E-state index is -0.859. The van der Waals surface area contributed by atoms with E-state index in [1.807, 2.05) is 0 Å². The molecule has 0 aliphatic carbocycles. The van der Waals surface area contributed by atoms with Crippen LogP contribution in [0.5, 0.6) is 0 Å². The van der Waals surface area contributed by atoms with Gasteiger partial charge in [0, 0.05) is 0 Å². The van der Waals surface area contributed by atoms with E-state index in [0.29, 0.717) is 26.1 Å². The molecule has 0 saturated heterocycles. The summed E-state index contributed by atoms with van der Waals surface area (Å²) in [5.74, 6) is -0.0384. The van der Waals surface area contributed by atoms with E-state index in [4.69, 9.17) is 10.2 Å². The van der Waals surface area contributed by atoms with Crippen LogP contribution in [0, 0.1) is 0 Å². The summed E-state index contributed by atoms with van der Waals surface area (Å²) in [6, 6.07) is 0. The third kappa shape index (κ3) is 4.87. The van der Waals surface area contributed by atoms with Crippen molar-refractivity contribution in [3.63, 3.8) is 0 Å². The molecular weight excluding hydrogens is 235 g/mol. The first kappa shape index (κ1) is 19.1. The fraction of sp³-hybridized carbons (Fsp3) is 0.600. The van der Waals surface area contributed by atoms with Gasteiger partial charge in [-0.25, -0.2) is 9.79 Å². The molecule has 0 spiro atoms. The van der Waals surface area contributed by atoms with Crippen molar-refractivity contribution < 1.29 is 25.0 Å². The van der Waals surface area contributed by atoms with Crippen LogP contribution in [0.1, 0.15) is 6.42 Å². The molecule has 0 fully saturated rings. The molecule has 6 nitrogen and oxygen atoms in total. The zero-order valence-corrected chi connectivity index (χ0v) is 9.17. The van der Waals surface area contributed by atoms with Crippen LogP contribution >= 0.6 is 0 Å². The van der Waals surface area contributed by atoms with Gasteiger partial charge in [-0.1, -0.05) is 6.08 Å². The number of nitrogens with zero attached hydrogens (tertiary/aromatic N) is 2. The molecule has 3 N–H and O–H groups in total. The normalized spacial score (nSPS) is 22.1. The van der Waals surface area contributed by atoms with Gasteiger partial charge in [0.15, 0.2) is 6.54 Å². The van der Waals surface area contributed by atoms with E-state index in [2.05, 4.69) is 11.6 Å². The Bertz CT molecular complexity index is 296. The monoisotopic (exact) mass is 254 g/mol. The molecule has 94 valence electrons. The molecule has 0 aromatic heterocycles. The van der Waals surface area contributed by atoms with E-state index in [9.17, 15) is 4.79 Å². The van der Waals surface area contributed by atoms with Crippen molar-refractivity contribution in [1.82, 2.24) is 0 Å². The van der Waals surface area contributed by atoms with Crippen LogP contribution in [0.2, 0.25) is 0 Å². The van der Waals surface area contributed by atoms with Gasteiger partial charge in [-0.3, -0.25) is 4.48 Å². The van der Waals surface area contributed by atoms with Crippen LogP contribution in [0.4, 0.5) is 0 Å². The first-order valence-electron chi connectivity index (χ1n) is 4.98. The molecule has 0 bridgehead atoms. The van der Waals surface area contributed by atoms with Gasteiger partial charge in [0.25, 0.3) is 0 Å². The first-order valence-corrected chi connectivity index (χ1v) is 4.98. The van der Waals surface area contributed by atoms with Gasteiger partial charge in [-0.15, -0.1) is 6.58 Å². The number of amidine groups is 1. The van der Waals surface area contributed by atoms with E-state index >= 15 is 0 Å². The van der Waals surface area contributed by atoms with Crippen LogP contribution in [0.25, 0.3) is 0 Å². The van der Waals surface area contributed by atoms with Crippen molar-refractivity contribution >= 4 is 41.4 Å². The zero-order chi connectivity index (χ0) is 11.3. The molecule has 0 amide bonds. The minimum absolute atomic E-state index is 0. The SMILES string of the molecule is C=CCC1=NCC[N+]1(CCO)CC(=O)O.[NaH].[OH-]. The Hall–Kier alpha value is -0.240. The van der Waals surface area contributed by atoms with Crippen LogP contribution in [-0.2, 0) is 4.79 Å². The summed E-state index contributed by atoms with van der Waals surface area (Å²) in [6.45, 7) is 5.31. The Morgan fingerprint density at radius 1 is 1.59 bits per heavy atom.